The minimum Gasteiger partial charge on any atom is -0.409 e. The summed E-state index contributed by atoms with van der Waals surface area (Å²) in [6.45, 7) is 7.84. The summed E-state index contributed by atoms with van der Waals surface area (Å²) in [5.74, 6) is -0.336. The summed E-state index contributed by atoms with van der Waals surface area (Å²) in [6.07, 6.45) is 1.99. The summed E-state index contributed by atoms with van der Waals surface area (Å²) in [5.41, 5.74) is 4.46. The number of amidine groups is 1. The molecule has 6 heteroatoms. The first kappa shape index (κ1) is 15.1. The van der Waals surface area contributed by atoms with Crippen molar-refractivity contribution in [3.63, 3.8) is 0 Å². The summed E-state index contributed by atoms with van der Waals surface area (Å²) >= 11 is 1.67. The molecule has 0 bridgehead atoms. The molecule has 0 spiro atoms. The molecule has 0 unspecified atom stereocenters. The predicted octanol–water partition coefficient (Wildman–Crippen LogP) is 1.02. The number of nitrogens with zero attached hydrogens (tertiary/aromatic N) is 1. The highest BCUT2D eigenvalue weighted by Gasteiger charge is 2.33. The molecule has 0 aromatic heterocycles. The molecule has 0 radical (unpaired) electrons. The van der Waals surface area contributed by atoms with E-state index in [4.69, 9.17) is 10.9 Å². The quantitative estimate of drug-likeness (QED) is 0.293. The van der Waals surface area contributed by atoms with E-state index in [1.807, 2.05) is 20.1 Å². The van der Waals surface area contributed by atoms with E-state index in [1.54, 1.807) is 25.6 Å². The Kier molecular flexibility index (Phi) is 5.12. The first-order chi connectivity index (χ1) is 7.17. The molecule has 5 nitrogen and oxygen atoms in total. The maximum Gasteiger partial charge on any atom is 0.233 e. The molecular formula is C10H21N3O2S. The fourth-order valence-electron chi connectivity index (χ4n) is 0.828. The topological polar surface area (TPSA) is 87.7 Å². The molecule has 0 aromatic rings. The van der Waals surface area contributed by atoms with Gasteiger partial charge >= 0.3 is 0 Å². The smallest absolute Gasteiger partial charge is 0.233 e. The summed E-state index contributed by atoms with van der Waals surface area (Å²) in [6, 6.07) is 0. The molecule has 0 aromatic carbocycles. The van der Waals surface area contributed by atoms with Crippen LogP contribution in [0.3, 0.4) is 0 Å². The van der Waals surface area contributed by atoms with Crippen molar-refractivity contribution in [3.8, 4) is 0 Å². The molecule has 0 saturated carbocycles. The average Bonchev–Trinajstić information content (AvgIpc) is 2.24. The first-order valence-corrected chi connectivity index (χ1v) is 6.21. The van der Waals surface area contributed by atoms with Crippen molar-refractivity contribution in [3.05, 3.63) is 0 Å². The maximum absolute atomic E-state index is 11.8. The monoisotopic (exact) mass is 247 g/mol. The maximum atomic E-state index is 11.8. The molecule has 4 N–H and O–H groups in total. The average molecular weight is 247 g/mol. The number of nitrogens with one attached hydrogen (secondary N) is 1. The zero-order valence-electron chi connectivity index (χ0n) is 10.5. The van der Waals surface area contributed by atoms with Gasteiger partial charge in [0.1, 0.15) is 5.41 Å². The normalized spacial score (nSPS) is 13.7. The third-order valence-corrected chi connectivity index (χ3v) is 3.79. The summed E-state index contributed by atoms with van der Waals surface area (Å²) in [5, 5.41) is 14.2. The van der Waals surface area contributed by atoms with E-state index >= 15 is 0 Å². The Morgan fingerprint density at radius 3 is 2.31 bits per heavy atom. The third kappa shape index (κ3) is 3.92. The van der Waals surface area contributed by atoms with E-state index in [0.717, 1.165) is 0 Å². The molecule has 0 aliphatic heterocycles. The molecule has 0 fully saturated rings. The molecule has 0 saturated heterocycles. The van der Waals surface area contributed by atoms with Gasteiger partial charge in [-0.1, -0.05) is 5.16 Å². The van der Waals surface area contributed by atoms with Gasteiger partial charge in [-0.15, -0.1) is 0 Å². The Bertz CT molecular complexity index is 288. The fraction of sp³-hybridized carbons (Fsp3) is 0.800. The van der Waals surface area contributed by atoms with Crippen LogP contribution in [-0.2, 0) is 4.79 Å². The number of thioether (sulfide) groups is 1. The van der Waals surface area contributed by atoms with Crippen molar-refractivity contribution in [1.82, 2.24) is 5.32 Å². The highest BCUT2D eigenvalue weighted by atomic mass is 32.2. The Balaban J connectivity index is 4.49. The van der Waals surface area contributed by atoms with E-state index in [-0.39, 0.29) is 16.5 Å². The van der Waals surface area contributed by atoms with Crippen molar-refractivity contribution < 1.29 is 10.0 Å². The Morgan fingerprint density at radius 2 is 1.94 bits per heavy atom. The second-order valence-corrected chi connectivity index (χ2v) is 6.27. The van der Waals surface area contributed by atoms with Crippen LogP contribution in [0.1, 0.15) is 27.7 Å². The van der Waals surface area contributed by atoms with E-state index < -0.39 is 5.41 Å². The van der Waals surface area contributed by atoms with Crippen LogP contribution in [0.2, 0.25) is 0 Å². The lowest BCUT2D eigenvalue weighted by Gasteiger charge is -2.26. The summed E-state index contributed by atoms with van der Waals surface area (Å²) in [4.78, 5) is 11.8. The molecule has 94 valence electrons. The van der Waals surface area contributed by atoms with Gasteiger partial charge in [0.25, 0.3) is 0 Å². The Labute approximate surface area is 101 Å². The van der Waals surface area contributed by atoms with Crippen LogP contribution < -0.4 is 11.1 Å². The largest absolute Gasteiger partial charge is 0.409 e. The lowest BCUT2D eigenvalue weighted by molar-refractivity contribution is -0.126. The van der Waals surface area contributed by atoms with E-state index in [1.165, 1.54) is 0 Å². The standard InChI is InChI=1S/C10H21N3O2S/c1-9(2,16-5)6-12-8(14)10(3,4)7(11)13-15/h15H,6H2,1-5H3,(H2,11,13)(H,12,14). The van der Waals surface area contributed by atoms with E-state index in [0.29, 0.717) is 6.54 Å². The number of amides is 1. The number of hydrogen-bond acceptors (Lipinski definition) is 4. The van der Waals surface area contributed by atoms with Crippen LogP contribution in [0.25, 0.3) is 0 Å². The van der Waals surface area contributed by atoms with Crippen molar-refractivity contribution in [2.24, 2.45) is 16.3 Å². The second kappa shape index (κ2) is 5.43. The summed E-state index contributed by atoms with van der Waals surface area (Å²) < 4.78 is -0.0309. The lowest BCUT2D eigenvalue weighted by atomic mass is 9.91. The number of rotatable bonds is 5. The predicted molar refractivity (Wildman–Crippen MR) is 67.8 cm³/mol. The van der Waals surface area contributed by atoms with Crippen LogP contribution in [-0.4, -0.2) is 34.5 Å². The van der Waals surface area contributed by atoms with Crippen molar-refractivity contribution >= 4 is 23.5 Å². The van der Waals surface area contributed by atoms with E-state index in [2.05, 4.69) is 10.5 Å². The van der Waals surface area contributed by atoms with Gasteiger partial charge in [-0.3, -0.25) is 4.79 Å². The molecule has 0 aliphatic rings. The van der Waals surface area contributed by atoms with Crippen LogP contribution in [0, 0.1) is 5.41 Å². The van der Waals surface area contributed by atoms with Gasteiger partial charge in [-0.05, 0) is 34.0 Å². The molecule has 16 heavy (non-hydrogen) atoms. The van der Waals surface area contributed by atoms with Gasteiger partial charge in [-0.25, -0.2) is 0 Å². The van der Waals surface area contributed by atoms with Crippen LogP contribution in [0.5, 0.6) is 0 Å². The van der Waals surface area contributed by atoms with E-state index in [9.17, 15) is 4.79 Å². The third-order valence-electron chi connectivity index (χ3n) is 2.54. The SMILES string of the molecule is CSC(C)(C)CNC(=O)C(C)(C)C(N)=NO. The van der Waals surface area contributed by atoms with Gasteiger partial charge in [-0.2, -0.15) is 11.8 Å². The van der Waals surface area contributed by atoms with Crippen LogP contribution in [0.4, 0.5) is 0 Å². The van der Waals surface area contributed by atoms with Crippen molar-refractivity contribution in [2.75, 3.05) is 12.8 Å². The zero-order chi connectivity index (χ0) is 13.0. The molecule has 0 rings (SSSR count). The first-order valence-electron chi connectivity index (χ1n) is 4.99. The molecule has 1 amide bonds. The highest BCUT2D eigenvalue weighted by Crippen LogP contribution is 2.21. The molecular weight excluding hydrogens is 226 g/mol. The number of carbonyl (C=O) groups is 1. The van der Waals surface area contributed by atoms with Gasteiger partial charge in [0, 0.05) is 11.3 Å². The minimum atomic E-state index is -0.997. The summed E-state index contributed by atoms with van der Waals surface area (Å²) in [7, 11) is 0. The Morgan fingerprint density at radius 1 is 1.44 bits per heavy atom. The van der Waals surface area contributed by atoms with Crippen molar-refractivity contribution in [2.45, 2.75) is 32.4 Å². The van der Waals surface area contributed by atoms with Crippen molar-refractivity contribution in [1.29, 1.82) is 0 Å². The van der Waals surface area contributed by atoms with Gasteiger partial charge < -0.3 is 16.3 Å². The number of hydrogen-bond donors (Lipinski definition) is 3. The van der Waals surface area contributed by atoms with Crippen LogP contribution in [0.15, 0.2) is 5.16 Å². The second-order valence-electron chi connectivity index (χ2n) is 4.76. The minimum absolute atomic E-state index is 0.0309. The molecule has 0 atom stereocenters. The zero-order valence-corrected chi connectivity index (χ0v) is 11.3. The fourth-order valence-corrected chi connectivity index (χ4v) is 1.04. The van der Waals surface area contributed by atoms with Gasteiger partial charge in [0.05, 0.1) is 0 Å². The lowest BCUT2D eigenvalue weighted by Crippen LogP contribution is -2.48. The molecule has 0 aliphatic carbocycles. The highest BCUT2D eigenvalue weighted by molar-refractivity contribution is 7.99. The Hall–Kier alpha value is -0.910. The van der Waals surface area contributed by atoms with Gasteiger partial charge in [0.2, 0.25) is 5.91 Å². The van der Waals surface area contributed by atoms with Gasteiger partial charge in [0.15, 0.2) is 5.84 Å². The number of oxime groups is 1. The number of nitrogens with two attached hydrogens (primary N) is 1. The van der Waals surface area contributed by atoms with Crippen LogP contribution >= 0.6 is 11.8 Å². The number of carbonyl (C=O) groups excluding carboxylic acids is 1. The molecule has 0 heterocycles.